The first kappa shape index (κ1) is 10.5. The number of rotatable bonds is 2. The number of carbonyl (C=O) groups excluding carboxylic acids is 1. The van der Waals surface area contributed by atoms with Gasteiger partial charge in [0.25, 0.3) is 0 Å². The fourth-order valence-corrected chi connectivity index (χ4v) is 1.17. The standard InChI is InChI=1S/C9H11N3OS/c1-5-2-3-6(8(10)14)4-7(5)12-9(11)13/h2-4H,1H3,(H2,10,14)(H3,11,12,13). The number of amides is 2. The maximum atomic E-state index is 10.6. The third-order valence-corrected chi connectivity index (χ3v) is 2.02. The third kappa shape index (κ3) is 2.43. The van der Waals surface area contributed by atoms with Crippen molar-refractivity contribution in [1.29, 1.82) is 0 Å². The van der Waals surface area contributed by atoms with E-state index in [0.717, 1.165) is 5.56 Å². The van der Waals surface area contributed by atoms with Gasteiger partial charge in [-0.25, -0.2) is 4.79 Å². The molecule has 0 unspecified atom stereocenters. The Kier molecular flexibility index (Phi) is 3.03. The second-order valence-electron chi connectivity index (χ2n) is 2.88. The molecule has 0 saturated heterocycles. The lowest BCUT2D eigenvalue weighted by atomic mass is 10.1. The van der Waals surface area contributed by atoms with E-state index < -0.39 is 6.03 Å². The van der Waals surface area contributed by atoms with Gasteiger partial charge in [0.2, 0.25) is 0 Å². The molecule has 0 aromatic heterocycles. The van der Waals surface area contributed by atoms with E-state index in [9.17, 15) is 4.79 Å². The summed E-state index contributed by atoms with van der Waals surface area (Å²) in [5.41, 5.74) is 12.7. The molecule has 14 heavy (non-hydrogen) atoms. The summed E-state index contributed by atoms with van der Waals surface area (Å²) in [5.74, 6) is 0. The average Bonchev–Trinajstić information content (AvgIpc) is 2.07. The fraction of sp³-hybridized carbons (Fsp3) is 0.111. The van der Waals surface area contributed by atoms with Gasteiger partial charge in [0.1, 0.15) is 4.99 Å². The molecule has 5 N–H and O–H groups in total. The molecule has 74 valence electrons. The summed E-state index contributed by atoms with van der Waals surface area (Å²) in [6, 6.07) is 4.71. The number of aryl methyl sites for hydroxylation is 1. The largest absolute Gasteiger partial charge is 0.389 e. The highest BCUT2D eigenvalue weighted by Crippen LogP contribution is 2.16. The van der Waals surface area contributed by atoms with Crippen molar-refractivity contribution in [2.24, 2.45) is 11.5 Å². The summed E-state index contributed by atoms with van der Waals surface area (Å²) in [4.78, 5) is 10.9. The van der Waals surface area contributed by atoms with Crippen molar-refractivity contribution >= 4 is 28.9 Å². The van der Waals surface area contributed by atoms with Crippen LogP contribution < -0.4 is 16.8 Å². The molecule has 0 atom stereocenters. The quantitative estimate of drug-likeness (QED) is 0.638. The van der Waals surface area contributed by atoms with Crippen molar-refractivity contribution in [3.8, 4) is 0 Å². The van der Waals surface area contributed by atoms with Gasteiger partial charge in [-0.15, -0.1) is 0 Å². The number of urea groups is 1. The van der Waals surface area contributed by atoms with Crippen molar-refractivity contribution in [3.05, 3.63) is 29.3 Å². The number of anilines is 1. The smallest absolute Gasteiger partial charge is 0.316 e. The number of hydrogen-bond acceptors (Lipinski definition) is 2. The van der Waals surface area contributed by atoms with E-state index in [1.807, 2.05) is 13.0 Å². The molecular weight excluding hydrogens is 198 g/mol. The molecule has 2 amide bonds. The first-order chi connectivity index (χ1) is 6.50. The Labute approximate surface area is 87.3 Å². The normalized spacial score (nSPS) is 9.50. The van der Waals surface area contributed by atoms with Crippen molar-refractivity contribution < 1.29 is 4.79 Å². The maximum absolute atomic E-state index is 10.6. The van der Waals surface area contributed by atoms with E-state index in [4.69, 9.17) is 23.7 Å². The van der Waals surface area contributed by atoms with Gasteiger partial charge in [0, 0.05) is 11.3 Å². The van der Waals surface area contributed by atoms with Gasteiger partial charge in [-0.1, -0.05) is 24.4 Å². The van der Waals surface area contributed by atoms with Crippen molar-refractivity contribution in [1.82, 2.24) is 0 Å². The number of benzene rings is 1. The highest BCUT2D eigenvalue weighted by Gasteiger charge is 2.03. The highest BCUT2D eigenvalue weighted by atomic mass is 32.1. The second-order valence-corrected chi connectivity index (χ2v) is 3.32. The molecule has 0 bridgehead atoms. The van der Waals surface area contributed by atoms with Crippen LogP contribution in [0.15, 0.2) is 18.2 Å². The molecule has 1 aromatic rings. The van der Waals surface area contributed by atoms with Crippen LogP contribution in [0.5, 0.6) is 0 Å². The predicted octanol–water partition coefficient (Wildman–Crippen LogP) is 1.12. The highest BCUT2D eigenvalue weighted by molar-refractivity contribution is 7.80. The average molecular weight is 209 g/mol. The van der Waals surface area contributed by atoms with Crippen molar-refractivity contribution in [3.63, 3.8) is 0 Å². The van der Waals surface area contributed by atoms with Crippen LogP contribution in [0.3, 0.4) is 0 Å². The molecule has 0 radical (unpaired) electrons. The molecule has 0 fully saturated rings. The summed E-state index contributed by atoms with van der Waals surface area (Å²) in [6.45, 7) is 1.86. The summed E-state index contributed by atoms with van der Waals surface area (Å²) in [6.07, 6.45) is 0. The van der Waals surface area contributed by atoms with Gasteiger partial charge in [0.05, 0.1) is 0 Å². The number of nitrogens with two attached hydrogens (primary N) is 2. The molecule has 0 aliphatic rings. The van der Waals surface area contributed by atoms with Crippen LogP contribution in [-0.4, -0.2) is 11.0 Å². The predicted molar refractivity (Wildman–Crippen MR) is 60.3 cm³/mol. The van der Waals surface area contributed by atoms with Gasteiger partial charge in [-0.3, -0.25) is 0 Å². The van der Waals surface area contributed by atoms with E-state index in [-0.39, 0.29) is 4.99 Å². The number of carbonyl (C=O) groups is 1. The monoisotopic (exact) mass is 209 g/mol. The lowest BCUT2D eigenvalue weighted by Gasteiger charge is -2.07. The Bertz CT molecular complexity index is 390. The van der Waals surface area contributed by atoms with Crippen LogP contribution >= 0.6 is 12.2 Å². The summed E-state index contributed by atoms with van der Waals surface area (Å²) >= 11 is 4.81. The molecule has 0 saturated carbocycles. The number of hydrogen-bond donors (Lipinski definition) is 3. The van der Waals surface area contributed by atoms with Crippen molar-refractivity contribution in [2.45, 2.75) is 6.92 Å². The molecular formula is C9H11N3OS. The van der Waals surface area contributed by atoms with Gasteiger partial charge < -0.3 is 16.8 Å². The van der Waals surface area contributed by atoms with E-state index in [1.165, 1.54) is 0 Å². The minimum atomic E-state index is -0.604. The minimum Gasteiger partial charge on any atom is -0.389 e. The van der Waals surface area contributed by atoms with Gasteiger partial charge in [-0.2, -0.15) is 0 Å². The molecule has 5 heteroatoms. The van der Waals surface area contributed by atoms with E-state index in [2.05, 4.69) is 5.32 Å². The lowest BCUT2D eigenvalue weighted by Crippen LogP contribution is -2.20. The second kappa shape index (κ2) is 4.06. The molecule has 0 spiro atoms. The van der Waals surface area contributed by atoms with E-state index >= 15 is 0 Å². The Balaban J connectivity index is 3.08. The molecule has 0 aliphatic heterocycles. The van der Waals surface area contributed by atoms with Crippen molar-refractivity contribution in [2.75, 3.05) is 5.32 Å². The Hall–Kier alpha value is -1.62. The van der Waals surface area contributed by atoms with Crippen LogP contribution in [-0.2, 0) is 0 Å². The Morgan fingerprint density at radius 2 is 2.07 bits per heavy atom. The Morgan fingerprint density at radius 1 is 1.43 bits per heavy atom. The summed E-state index contributed by atoms with van der Waals surface area (Å²) < 4.78 is 0. The lowest BCUT2D eigenvalue weighted by molar-refractivity contribution is 0.259. The summed E-state index contributed by atoms with van der Waals surface area (Å²) in [5, 5.41) is 2.49. The topological polar surface area (TPSA) is 81.1 Å². The first-order valence-electron chi connectivity index (χ1n) is 3.97. The third-order valence-electron chi connectivity index (χ3n) is 1.78. The Morgan fingerprint density at radius 3 is 2.57 bits per heavy atom. The summed E-state index contributed by atoms with van der Waals surface area (Å²) in [7, 11) is 0. The maximum Gasteiger partial charge on any atom is 0.316 e. The van der Waals surface area contributed by atoms with Gasteiger partial charge >= 0.3 is 6.03 Å². The van der Waals surface area contributed by atoms with Gasteiger partial charge in [-0.05, 0) is 18.6 Å². The molecule has 0 aliphatic carbocycles. The molecule has 1 aromatic carbocycles. The SMILES string of the molecule is Cc1ccc(C(N)=S)cc1NC(N)=O. The minimum absolute atomic E-state index is 0.289. The van der Waals surface area contributed by atoms with E-state index in [1.54, 1.807) is 12.1 Å². The van der Waals surface area contributed by atoms with E-state index in [0.29, 0.717) is 11.3 Å². The van der Waals surface area contributed by atoms with Crippen LogP contribution in [0, 0.1) is 6.92 Å². The number of primary amides is 1. The van der Waals surface area contributed by atoms with Crippen LogP contribution in [0.25, 0.3) is 0 Å². The van der Waals surface area contributed by atoms with Crippen LogP contribution in [0.1, 0.15) is 11.1 Å². The fourth-order valence-electron chi connectivity index (χ4n) is 1.04. The number of thiocarbonyl (C=S) groups is 1. The zero-order valence-electron chi connectivity index (χ0n) is 7.70. The van der Waals surface area contributed by atoms with Gasteiger partial charge in [0.15, 0.2) is 0 Å². The molecule has 1 rings (SSSR count). The zero-order chi connectivity index (χ0) is 10.7. The van der Waals surface area contributed by atoms with Crippen LogP contribution in [0.2, 0.25) is 0 Å². The van der Waals surface area contributed by atoms with Crippen LogP contribution in [0.4, 0.5) is 10.5 Å². The molecule has 0 heterocycles. The first-order valence-corrected chi connectivity index (χ1v) is 4.38. The zero-order valence-corrected chi connectivity index (χ0v) is 8.52. The molecule has 4 nitrogen and oxygen atoms in total. The number of nitrogens with one attached hydrogen (secondary N) is 1.